The van der Waals surface area contributed by atoms with Crippen LogP contribution in [0.1, 0.15) is 19.8 Å². The highest BCUT2D eigenvalue weighted by molar-refractivity contribution is 5.18. The predicted octanol–water partition coefficient (Wildman–Crippen LogP) is 2.30. The highest BCUT2D eigenvalue weighted by atomic mass is 16.5. The predicted molar refractivity (Wildman–Crippen MR) is 45.4 cm³/mol. The van der Waals surface area contributed by atoms with Crippen LogP contribution in [0.5, 0.6) is 0 Å². The molecule has 2 aliphatic rings. The smallest absolute Gasteiger partial charge is 0.0688 e. The Morgan fingerprint density at radius 1 is 1.45 bits per heavy atom. The lowest BCUT2D eigenvalue weighted by Gasteiger charge is -2.41. The maximum atomic E-state index is 5.49. The zero-order chi connectivity index (χ0) is 7.73. The van der Waals surface area contributed by atoms with E-state index in [1.54, 1.807) is 0 Å². The molecular weight excluding hydrogens is 136 g/mol. The van der Waals surface area contributed by atoms with Crippen molar-refractivity contribution >= 4 is 0 Å². The third-order valence-corrected chi connectivity index (χ3v) is 2.72. The van der Waals surface area contributed by atoms with Crippen molar-refractivity contribution in [1.82, 2.24) is 0 Å². The normalized spacial score (nSPS) is 42.1. The molecule has 0 bridgehead atoms. The fourth-order valence-corrected chi connectivity index (χ4v) is 1.74. The van der Waals surface area contributed by atoms with E-state index in [0.717, 1.165) is 13.0 Å². The minimum Gasteiger partial charge on any atom is -0.377 e. The van der Waals surface area contributed by atoms with Gasteiger partial charge in [0, 0.05) is 12.0 Å². The number of hydrogen-bond donors (Lipinski definition) is 0. The van der Waals surface area contributed by atoms with Crippen molar-refractivity contribution in [2.24, 2.45) is 5.41 Å². The van der Waals surface area contributed by atoms with E-state index in [0.29, 0.717) is 6.10 Å². The molecule has 0 aromatic heterocycles. The summed E-state index contributed by atoms with van der Waals surface area (Å²) >= 11 is 0. The van der Waals surface area contributed by atoms with E-state index in [-0.39, 0.29) is 5.41 Å². The third kappa shape index (κ3) is 1.14. The molecule has 0 aromatic carbocycles. The van der Waals surface area contributed by atoms with Gasteiger partial charge in [-0.15, -0.1) is 0 Å². The van der Waals surface area contributed by atoms with Crippen molar-refractivity contribution < 1.29 is 4.74 Å². The first kappa shape index (κ1) is 7.11. The van der Waals surface area contributed by atoms with Crippen molar-refractivity contribution in [2.75, 3.05) is 6.61 Å². The van der Waals surface area contributed by atoms with Crippen molar-refractivity contribution in [3.63, 3.8) is 0 Å². The quantitative estimate of drug-likeness (QED) is 0.557. The second-order valence-electron chi connectivity index (χ2n) is 3.65. The van der Waals surface area contributed by atoms with Gasteiger partial charge in [0.05, 0.1) is 6.10 Å². The fourth-order valence-electron chi connectivity index (χ4n) is 1.74. The van der Waals surface area contributed by atoms with E-state index in [1.165, 1.54) is 6.42 Å². The Labute approximate surface area is 67.7 Å². The monoisotopic (exact) mass is 150 g/mol. The standard InChI is InChI=1S/C10H14O/c1-10(9-5-8-11-9)6-3-2-4-7-10/h2-4,6,9H,5,7-8H2,1H3. The number of allylic oxidation sites excluding steroid dienone is 3. The molecule has 11 heavy (non-hydrogen) atoms. The highest BCUT2D eigenvalue weighted by Gasteiger charge is 2.36. The average Bonchev–Trinajstić information content (AvgIpc) is 1.83. The summed E-state index contributed by atoms with van der Waals surface area (Å²) in [6.45, 7) is 3.23. The van der Waals surface area contributed by atoms with E-state index in [9.17, 15) is 0 Å². The number of hydrogen-bond acceptors (Lipinski definition) is 1. The molecule has 0 saturated carbocycles. The van der Waals surface area contributed by atoms with E-state index >= 15 is 0 Å². The minimum atomic E-state index is 0.285. The van der Waals surface area contributed by atoms with Gasteiger partial charge in [-0.25, -0.2) is 0 Å². The van der Waals surface area contributed by atoms with E-state index in [2.05, 4.69) is 31.2 Å². The van der Waals surface area contributed by atoms with Gasteiger partial charge >= 0.3 is 0 Å². The van der Waals surface area contributed by atoms with Gasteiger partial charge in [-0.05, 0) is 12.8 Å². The molecule has 1 heteroatoms. The van der Waals surface area contributed by atoms with Gasteiger partial charge in [0.1, 0.15) is 0 Å². The van der Waals surface area contributed by atoms with Crippen molar-refractivity contribution in [3.05, 3.63) is 24.3 Å². The summed E-state index contributed by atoms with van der Waals surface area (Å²) in [4.78, 5) is 0. The molecule has 0 radical (unpaired) electrons. The highest BCUT2D eigenvalue weighted by Crippen LogP contribution is 2.38. The Bertz CT molecular complexity index is 201. The summed E-state index contributed by atoms with van der Waals surface area (Å²) < 4.78 is 5.49. The topological polar surface area (TPSA) is 9.23 Å². The molecule has 0 spiro atoms. The van der Waals surface area contributed by atoms with E-state index in [1.807, 2.05) is 0 Å². The zero-order valence-electron chi connectivity index (χ0n) is 6.92. The SMILES string of the molecule is CC1(C2CCO2)C=CC=CC1. The van der Waals surface area contributed by atoms with Gasteiger partial charge in [-0.2, -0.15) is 0 Å². The molecule has 0 N–H and O–H groups in total. The first-order valence-electron chi connectivity index (χ1n) is 4.27. The Kier molecular flexibility index (Phi) is 1.61. The van der Waals surface area contributed by atoms with Crippen LogP contribution in [0.25, 0.3) is 0 Å². The van der Waals surface area contributed by atoms with Crippen LogP contribution in [-0.4, -0.2) is 12.7 Å². The van der Waals surface area contributed by atoms with Gasteiger partial charge in [-0.3, -0.25) is 0 Å². The Morgan fingerprint density at radius 2 is 2.27 bits per heavy atom. The van der Waals surface area contributed by atoms with Gasteiger partial charge in [0.2, 0.25) is 0 Å². The summed E-state index contributed by atoms with van der Waals surface area (Å²) in [6, 6.07) is 0. The Balaban J connectivity index is 2.08. The second kappa shape index (κ2) is 2.49. The summed E-state index contributed by atoms with van der Waals surface area (Å²) in [7, 11) is 0. The molecule has 2 atom stereocenters. The molecule has 0 amide bonds. The molecule has 0 aromatic rings. The van der Waals surface area contributed by atoms with Crippen molar-refractivity contribution in [3.8, 4) is 0 Å². The molecule has 1 nitrogen and oxygen atoms in total. The van der Waals surface area contributed by atoms with Crippen LogP contribution in [0, 0.1) is 5.41 Å². The molecule has 1 heterocycles. The van der Waals surface area contributed by atoms with Crippen molar-refractivity contribution in [2.45, 2.75) is 25.9 Å². The minimum absolute atomic E-state index is 0.285. The maximum absolute atomic E-state index is 5.49. The molecular formula is C10H14O. The Hall–Kier alpha value is -0.560. The van der Waals surface area contributed by atoms with Gasteiger partial charge in [-0.1, -0.05) is 31.2 Å². The summed E-state index contributed by atoms with van der Waals surface area (Å²) in [5, 5.41) is 0. The largest absolute Gasteiger partial charge is 0.377 e. The number of rotatable bonds is 1. The van der Waals surface area contributed by atoms with E-state index in [4.69, 9.17) is 4.74 Å². The van der Waals surface area contributed by atoms with Crippen LogP contribution in [0.2, 0.25) is 0 Å². The first-order valence-corrected chi connectivity index (χ1v) is 4.27. The van der Waals surface area contributed by atoms with Gasteiger partial charge < -0.3 is 4.74 Å². The van der Waals surface area contributed by atoms with Crippen LogP contribution >= 0.6 is 0 Å². The molecule has 1 aliphatic carbocycles. The second-order valence-corrected chi connectivity index (χ2v) is 3.65. The van der Waals surface area contributed by atoms with Crippen LogP contribution in [0.4, 0.5) is 0 Å². The fraction of sp³-hybridized carbons (Fsp3) is 0.600. The third-order valence-electron chi connectivity index (χ3n) is 2.72. The van der Waals surface area contributed by atoms with Crippen LogP contribution in [-0.2, 0) is 4.74 Å². The summed E-state index contributed by atoms with van der Waals surface area (Å²) in [5.74, 6) is 0. The van der Waals surface area contributed by atoms with E-state index < -0.39 is 0 Å². The summed E-state index contributed by atoms with van der Waals surface area (Å²) in [6.07, 6.45) is 11.6. The Morgan fingerprint density at radius 3 is 2.73 bits per heavy atom. The van der Waals surface area contributed by atoms with Crippen LogP contribution in [0.15, 0.2) is 24.3 Å². The molecule has 60 valence electrons. The first-order chi connectivity index (χ1) is 5.31. The average molecular weight is 150 g/mol. The lowest BCUT2D eigenvalue weighted by Crippen LogP contribution is -2.41. The molecule has 1 aliphatic heterocycles. The zero-order valence-corrected chi connectivity index (χ0v) is 6.92. The number of ether oxygens (including phenoxy) is 1. The maximum Gasteiger partial charge on any atom is 0.0688 e. The molecule has 1 fully saturated rings. The lowest BCUT2D eigenvalue weighted by atomic mass is 9.76. The molecule has 2 rings (SSSR count). The van der Waals surface area contributed by atoms with Gasteiger partial charge in [0.15, 0.2) is 0 Å². The molecule has 1 saturated heterocycles. The van der Waals surface area contributed by atoms with Crippen LogP contribution in [0.3, 0.4) is 0 Å². The molecule has 2 unspecified atom stereocenters. The van der Waals surface area contributed by atoms with Gasteiger partial charge in [0.25, 0.3) is 0 Å². The van der Waals surface area contributed by atoms with Crippen LogP contribution < -0.4 is 0 Å². The lowest BCUT2D eigenvalue weighted by molar-refractivity contribution is -0.104. The summed E-state index contributed by atoms with van der Waals surface area (Å²) in [5.41, 5.74) is 0.285. The van der Waals surface area contributed by atoms with Crippen molar-refractivity contribution in [1.29, 1.82) is 0 Å².